The molecule has 1 aromatic rings. The third kappa shape index (κ3) is 3.17. The number of rotatable bonds is 2. The molecule has 2 atom stereocenters. The number of benzene rings is 1. The van der Waals surface area contributed by atoms with Gasteiger partial charge in [0.05, 0.1) is 0 Å². The van der Waals surface area contributed by atoms with Crippen molar-refractivity contribution in [2.24, 2.45) is 11.0 Å². The van der Waals surface area contributed by atoms with Crippen molar-refractivity contribution in [3.05, 3.63) is 24.3 Å². The molecule has 1 fully saturated rings. The highest BCUT2D eigenvalue weighted by molar-refractivity contribution is 5.89. The Hall–Kier alpha value is -2.04. The van der Waals surface area contributed by atoms with Gasteiger partial charge in [-0.05, 0) is 37.3 Å². The Labute approximate surface area is 124 Å². The summed E-state index contributed by atoms with van der Waals surface area (Å²) in [5, 5.41) is 4.28. The highest BCUT2D eigenvalue weighted by atomic mass is 16.6. The number of nitrogens with zero attached hydrogens (tertiary/aromatic N) is 1. The lowest BCUT2D eigenvalue weighted by Gasteiger charge is -2.25. The molecule has 0 bridgehead atoms. The molecule has 5 nitrogen and oxygen atoms in total. The lowest BCUT2D eigenvalue weighted by molar-refractivity contribution is -0.130. The highest BCUT2D eigenvalue weighted by Gasteiger charge is 2.27. The number of carbonyl (C=O) groups excluding carboxylic acids is 1. The van der Waals surface area contributed by atoms with Crippen LogP contribution in [0.5, 0.6) is 11.5 Å². The third-order valence-corrected chi connectivity index (χ3v) is 4.00. The van der Waals surface area contributed by atoms with Gasteiger partial charge in [-0.2, -0.15) is 5.10 Å². The van der Waals surface area contributed by atoms with Crippen LogP contribution in [-0.4, -0.2) is 24.3 Å². The molecule has 0 unspecified atom stereocenters. The Bertz CT molecular complexity index is 556. The molecule has 112 valence electrons. The molecule has 1 saturated carbocycles. The SMILES string of the molecule is C[C@@H]1CCCC/C1=N/NC(=O)[C@@H]1COc2ccccc2O1. The molecule has 0 aromatic heterocycles. The van der Waals surface area contributed by atoms with Crippen molar-refractivity contribution in [3.63, 3.8) is 0 Å². The number of nitrogens with one attached hydrogen (secondary N) is 1. The predicted octanol–water partition coefficient (Wildman–Crippen LogP) is 2.51. The third-order valence-electron chi connectivity index (χ3n) is 4.00. The highest BCUT2D eigenvalue weighted by Crippen LogP contribution is 2.30. The molecule has 3 rings (SSSR count). The minimum atomic E-state index is -0.650. The van der Waals surface area contributed by atoms with Crippen LogP contribution in [0.1, 0.15) is 32.6 Å². The maximum absolute atomic E-state index is 12.1. The quantitative estimate of drug-likeness (QED) is 0.851. The summed E-state index contributed by atoms with van der Waals surface area (Å²) in [4.78, 5) is 12.1. The zero-order chi connectivity index (χ0) is 14.7. The van der Waals surface area contributed by atoms with Gasteiger partial charge in [0.25, 0.3) is 5.91 Å². The first-order valence-corrected chi connectivity index (χ1v) is 7.49. The number of hydrogen-bond donors (Lipinski definition) is 1. The average Bonchev–Trinajstić information content (AvgIpc) is 2.53. The van der Waals surface area contributed by atoms with Gasteiger partial charge in [-0.1, -0.05) is 25.5 Å². The zero-order valence-electron chi connectivity index (χ0n) is 12.2. The van der Waals surface area contributed by atoms with Crippen molar-refractivity contribution in [1.29, 1.82) is 0 Å². The van der Waals surface area contributed by atoms with E-state index in [9.17, 15) is 4.79 Å². The molecule has 1 heterocycles. The lowest BCUT2D eigenvalue weighted by atomic mass is 9.89. The molecule has 1 N–H and O–H groups in total. The Kier molecular flexibility index (Phi) is 4.08. The lowest BCUT2D eigenvalue weighted by Crippen LogP contribution is -2.42. The summed E-state index contributed by atoms with van der Waals surface area (Å²) in [7, 11) is 0. The normalized spacial score (nSPS) is 26.4. The minimum absolute atomic E-state index is 0.212. The van der Waals surface area contributed by atoms with E-state index in [1.807, 2.05) is 18.2 Å². The maximum atomic E-state index is 12.1. The van der Waals surface area contributed by atoms with Gasteiger partial charge >= 0.3 is 0 Å². The van der Waals surface area contributed by atoms with Crippen LogP contribution in [0.4, 0.5) is 0 Å². The number of ether oxygens (including phenoxy) is 2. The molecule has 1 amide bonds. The molecule has 0 spiro atoms. The van der Waals surface area contributed by atoms with Gasteiger partial charge in [-0.15, -0.1) is 0 Å². The van der Waals surface area contributed by atoms with E-state index in [4.69, 9.17) is 9.47 Å². The van der Waals surface area contributed by atoms with Crippen LogP contribution in [0, 0.1) is 5.92 Å². The topological polar surface area (TPSA) is 59.9 Å². The molecular formula is C16H20N2O3. The van der Waals surface area contributed by atoms with Crippen molar-refractivity contribution in [2.45, 2.75) is 38.7 Å². The fraction of sp³-hybridized carbons (Fsp3) is 0.500. The molecule has 5 heteroatoms. The molecule has 1 aliphatic heterocycles. The van der Waals surface area contributed by atoms with Gasteiger partial charge in [-0.25, -0.2) is 5.43 Å². The molecule has 0 radical (unpaired) electrons. The number of amides is 1. The summed E-state index contributed by atoms with van der Waals surface area (Å²) < 4.78 is 11.2. The number of fused-ring (bicyclic) bond motifs is 1. The van der Waals surface area contributed by atoms with Crippen molar-refractivity contribution in [3.8, 4) is 11.5 Å². The van der Waals surface area contributed by atoms with E-state index in [2.05, 4.69) is 17.5 Å². The number of hydrogen-bond acceptors (Lipinski definition) is 4. The molecule has 1 aromatic carbocycles. The van der Waals surface area contributed by atoms with Crippen LogP contribution in [0.3, 0.4) is 0 Å². The summed E-state index contributed by atoms with van der Waals surface area (Å²) in [6, 6.07) is 7.35. The maximum Gasteiger partial charge on any atom is 0.284 e. The van der Waals surface area contributed by atoms with Crippen molar-refractivity contribution < 1.29 is 14.3 Å². The van der Waals surface area contributed by atoms with Gasteiger partial charge in [0.2, 0.25) is 6.10 Å². The summed E-state index contributed by atoms with van der Waals surface area (Å²) in [6.07, 6.45) is 3.85. The molecular weight excluding hydrogens is 268 g/mol. The number of hydrazone groups is 1. The molecule has 1 aliphatic carbocycles. The Morgan fingerprint density at radius 3 is 2.90 bits per heavy atom. The summed E-state index contributed by atoms with van der Waals surface area (Å²) in [5.74, 6) is 1.47. The van der Waals surface area contributed by atoms with Crippen LogP contribution >= 0.6 is 0 Å². The number of carbonyl (C=O) groups is 1. The first-order chi connectivity index (χ1) is 10.2. The van der Waals surface area contributed by atoms with Crippen LogP contribution in [-0.2, 0) is 4.79 Å². The summed E-state index contributed by atoms with van der Waals surface area (Å²) >= 11 is 0. The van der Waals surface area contributed by atoms with Gasteiger partial charge in [-0.3, -0.25) is 4.79 Å². The van der Waals surface area contributed by atoms with Crippen LogP contribution < -0.4 is 14.9 Å². The second-order valence-corrected chi connectivity index (χ2v) is 5.59. The standard InChI is InChI=1S/C16H20N2O3/c1-11-6-2-3-7-12(11)17-18-16(19)15-10-20-13-8-4-5-9-14(13)21-15/h4-5,8-9,11,15H,2-3,6-7,10H2,1H3,(H,18,19)/b17-12-/t11-,15+/m1/s1. The van der Waals surface area contributed by atoms with E-state index in [0.717, 1.165) is 25.0 Å². The fourth-order valence-electron chi connectivity index (χ4n) is 2.68. The fourth-order valence-corrected chi connectivity index (χ4v) is 2.68. The first kappa shape index (κ1) is 13.9. The van der Waals surface area contributed by atoms with Crippen molar-refractivity contribution >= 4 is 11.6 Å². The van der Waals surface area contributed by atoms with Crippen LogP contribution in [0.2, 0.25) is 0 Å². The first-order valence-electron chi connectivity index (χ1n) is 7.49. The minimum Gasteiger partial charge on any atom is -0.485 e. The monoisotopic (exact) mass is 288 g/mol. The van der Waals surface area contributed by atoms with Gasteiger partial charge < -0.3 is 9.47 Å². The van der Waals surface area contributed by atoms with Crippen molar-refractivity contribution in [1.82, 2.24) is 5.43 Å². The summed E-state index contributed by atoms with van der Waals surface area (Å²) in [6.45, 7) is 2.36. The Balaban J connectivity index is 1.60. The second-order valence-electron chi connectivity index (χ2n) is 5.59. The smallest absolute Gasteiger partial charge is 0.284 e. The Morgan fingerprint density at radius 2 is 2.10 bits per heavy atom. The predicted molar refractivity (Wildman–Crippen MR) is 79.6 cm³/mol. The number of para-hydroxylation sites is 2. The summed E-state index contributed by atoms with van der Waals surface area (Å²) in [5.41, 5.74) is 3.70. The largest absolute Gasteiger partial charge is 0.485 e. The second kappa shape index (κ2) is 6.16. The van der Waals surface area contributed by atoms with Gasteiger partial charge in [0, 0.05) is 5.71 Å². The molecule has 0 saturated heterocycles. The molecule has 2 aliphatic rings. The van der Waals surface area contributed by atoms with Crippen molar-refractivity contribution in [2.75, 3.05) is 6.61 Å². The van der Waals surface area contributed by atoms with E-state index >= 15 is 0 Å². The molecule has 21 heavy (non-hydrogen) atoms. The average molecular weight is 288 g/mol. The van der Waals surface area contributed by atoms with E-state index in [1.165, 1.54) is 6.42 Å². The van der Waals surface area contributed by atoms with Crippen LogP contribution in [0.15, 0.2) is 29.4 Å². The van der Waals surface area contributed by atoms with E-state index in [1.54, 1.807) is 6.07 Å². The van der Waals surface area contributed by atoms with Gasteiger partial charge in [0.15, 0.2) is 11.5 Å². The van der Waals surface area contributed by atoms with Gasteiger partial charge in [0.1, 0.15) is 6.61 Å². The zero-order valence-corrected chi connectivity index (χ0v) is 12.2. The van der Waals surface area contributed by atoms with E-state index in [-0.39, 0.29) is 12.5 Å². The Morgan fingerprint density at radius 1 is 1.29 bits per heavy atom. The van der Waals surface area contributed by atoms with E-state index in [0.29, 0.717) is 17.4 Å². The van der Waals surface area contributed by atoms with E-state index < -0.39 is 6.10 Å². The van der Waals surface area contributed by atoms with Crippen LogP contribution in [0.25, 0.3) is 0 Å².